The Morgan fingerprint density at radius 1 is 1.23 bits per heavy atom. The van der Waals surface area contributed by atoms with Gasteiger partial charge in [0.2, 0.25) is 5.91 Å². The molecule has 1 aliphatic heterocycles. The van der Waals surface area contributed by atoms with E-state index in [1.165, 1.54) is 12.3 Å². The molecule has 0 fully saturated rings. The van der Waals surface area contributed by atoms with E-state index in [1.807, 2.05) is 33.8 Å². The van der Waals surface area contributed by atoms with Gasteiger partial charge in [0, 0.05) is 18.9 Å². The number of nitrogens with one attached hydrogen (secondary N) is 3. The van der Waals surface area contributed by atoms with Gasteiger partial charge in [0.25, 0.3) is 5.91 Å². The molecule has 220 valence electrons. The molecule has 2 rings (SSSR count). The second kappa shape index (κ2) is 16.6. The Morgan fingerprint density at radius 3 is 2.67 bits per heavy atom. The quantitative estimate of drug-likeness (QED) is 0.212. The third kappa shape index (κ3) is 11.3. The molecule has 0 saturated heterocycles. The van der Waals surface area contributed by atoms with Crippen LogP contribution in [0.25, 0.3) is 0 Å². The number of hydrogen-bond acceptors (Lipinski definition) is 7. The summed E-state index contributed by atoms with van der Waals surface area (Å²) >= 11 is 0. The average Bonchev–Trinajstić information content (AvgIpc) is 3.35. The van der Waals surface area contributed by atoms with E-state index in [0.717, 1.165) is 11.1 Å². The summed E-state index contributed by atoms with van der Waals surface area (Å²) in [5.74, 6) is -1.04. The highest BCUT2D eigenvalue weighted by molar-refractivity contribution is 5.95. The number of aromatic amines is 1. The average molecular weight is 556 g/mol. The lowest BCUT2D eigenvalue weighted by atomic mass is 9.94. The van der Waals surface area contributed by atoms with Crippen LogP contribution in [-0.4, -0.2) is 64.2 Å². The van der Waals surface area contributed by atoms with Gasteiger partial charge >= 0.3 is 5.97 Å². The molecule has 0 spiro atoms. The van der Waals surface area contributed by atoms with Crippen LogP contribution in [0, 0.1) is 11.8 Å². The number of fused-ring (bicyclic) bond motifs is 2. The van der Waals surface area contributed by atoms with Gasteiger partial charge < -0.3 is 31.2 Å². The topological polar surface area (TPSA) is 159 Å². The molecule has 10 heteroatoms. The summed E-state index contributed by atoms with van der Waals surface area (Å²) in [6.45, 7) is 12.4. The van der Waals surface area contributed by atoms with Crippen molar-refractivity contribution in [2.24, 2.45) is 17.6 Å². The fraction of sp³-hybridized carbons (Fsp3) is 0.533. The molecule has 0 unspecified atom stereocenters. The van der Waals surface area contributed by atoms with Crippen LogP contribution in [0.3, 0.4) is 0 Å². The summed E-state index contributed by atoms with van der Waals surface area (Å²) in [4.78, 5) is 45.9. The zero-order valence-corrected chi connectivity index (χ0v) is 24.1. The number of esters is 1. The molecule has 0 aromatic carbocycles. The third-order valence-electron chi connectivity index (χ3n) is 6.53. The maximum absolute atomic E-state index is 13.3. The Hall–Kier alpha value is -3.50. The van der Waals surface area contributed by atoms with Crippen LogP contribution < -0.4 is 16.4 Å². The van der Waals surface area contributed by atoms with Gasteiger partial charge in [-0.25, -0.2) is 9.78 Å². The van der Waals surface area contributed by atoms with Gasteiger partial charge in [-0.2, -0.15) is 0 Å². The molecule has 10 nitrogen and oxygen atoms in total. The van der Waals surface area contributed by atoms with E-state index >= 15 is 0 Å². The highest BCUT2D eigenvalue weighted by Crippen LogP contribution is 2.20. The standard InChI is InChI=1S/C30H45N5O5/c1-19(2)28-22(5)11-12-27(37)32-14-8-9-20(3)15-23(36)16-21(4)17-26-33-18-25(34-26)29(38)35-24(30(39)40-28)10-6-7-13-31/h8-9,11-12,15,18-19,22-24,28,36H,4,6-7,10,13-14,16-17,31H2,1-3,5H3,(H,32,37)(H,33,34)(H,35,38)/b9-8+,12-11+,20-15+/t22-,23-,24-,28-/m1/s1. The number of unbranched alkanes of at least 4 members (excludes halogenated alkanes) is 1. The molecule has 1 aromatic heterocycles. The van der Waals surface area contributed by atoms with Crippen molar-refractivity contribution in [3.8, 4) is 0 Å². The fourth-order valence-electron chi connectivity index (χ4n) is 4.45. The van der Waals surface area contributed by atoms with Gasteiger partial charge in [0.1, 0.15) is 23.7 Å². The maximum atomic E-state index is 13.3. The van der Waals surface area contributed by atoms with Crippen molar-refractivity contribution < 1.29 is 24.2 Å². The number of H-pyrrole nitrogens is 1. The molecule has 2 heterocycles. The van der Waals surface area contributed by atoms with Crippen molar-refractivity contribution in [2.45, 2.75) is 78.0 Å². The minimum absolute atomic E-state index is 0.0298. The van der Waals surface area contributed by atoms with Crippen molar-refractivity contribution >= 4 is 17.8 Å². The first-order chi connectivity index (χ1) is 19.0. The summed E-state index contributed by atoms with van der Waals surface area (Å²) in [5.41, 5.74) is 7.42. The predicted molar refractivity (Wildman–Crippen MR) is 155 cm³/mol. The van der Waals surface area contributed by atoms with Gasteiger partial charge in [0.15, 0.2) is 0 Å². The molecule has 2 bridgehead atoms. The molecule has 4 atom stereocenters. The van der Waals surface area contributed by atoms with E-state index in [0.29, 0.717) is 51.0 Å². The molecule has 1 aromatic rings. The zero-order valence-electron chi connectivity index (χ0n) is 24.1. The van der Waals surface area contributed by atoms with Crippen molar-refractivity contribution in [2.75, 3.05) is 13.1 Å². The SMILES string of the molecule is C=C1Cc2ncc([nH]2)C(=O)N[C@H](CCCCN)C(=O)O[C@H](C(C)C)[C@H](C)/C=C/C(=O)NC/C=C/C(C)=C/[C@@H](O)C1. The molecule has 6 N–H and O–H groups in total. The summed E-state index contributed by atoms with van der Waals surface area (Å²) in [7, 11) is 0. The highest BCUT2D eigenvalue weighted by Gasteiger charge is 2.29. The highest BCUT2D eigenvalue weighted by atomic mass is 16.5. The predicted octanol–water partition coefficient (Wildman–Crippen LogP) is 2.88. The van der Waals surface area contributed by atoms with E-state index in [1.54, 1.807) is 18.2 Å². The minimum Gasteiger partial charge on any atom is -0.460 e. The maximum Gasteiger partial charge on any atom is 0.328 e. The Bertz CT molecular complexity index is 1100. The number of cyclic esters (lactones) is 1. The lowest BCUT2D eigenvalue weighted by Crippen LogP contribution is -2.44. The Balaban J connectivity index is 2.33. The van der Waals surface area contributed by atoms with Crippen LogP contribution >= 0.6 is 0 Å². The monoisotopic (exact) mass is 555 g/mol. The van der Waals surface area contributed by atoms with E-state index < -0.39 is 30.1 Å². The zero-order chi connectivity index (χ0) is 29.7. The number of allylic oxidation sites excluding steroid dienone is 2. The number of carbonyl (C=O) groups is 3. The minimum atomic E-state index is -0.875. The number of carbonyl (C=O) groups excluding carboxylic acids is 3. The summed E-state index contributed by atoms with van der Waals surface area (Å²) in [6, 6.07) is -0.875. The largest absolute Gasteiger partial charge is 0.460 e. The first kappa shape index (κ1) is 32.7. The van der Waals surface area contributed by atoms with E-state index in [2.05, 4.69) is 27.2 Å². The number of hydrogen-bond donors (Lipinski definition) is 5. The third-order valence-corrected chi connectivity index (χ3v) is 6.53. The van der Waals surface area contributed by atoms with Gasteiger partial charge in [-0.1, -0.05) is 62.8 Å². The Kier molecular flexibility index (Phi) is 13.5. The van der Waals surface area contributed by atoms with Crippen molar-refractivity contribution in [1.29, 1.82) is 0 Å². The van der Waals surface area contributed by atoms with E-state index in [-0.39, 0.29) is 23.4 Å². The van der Waals surface area contributed by atoms with E-state index in [9.17, 15) is 19.5 Å². The smallest absolute Gasteiger partial charge is 0.328 e. The molecular weight excluding hydrogens is 510 g/mol. The molecule has 0 aliphatic carbocycles. The molecule has 0 radical (unpaired) electrons. The Labute approximate surface area is 237 Å². The van der Waals surface area contributed by atoms with Crippen LogP contribution in [0.2, 0.25) is 0 Å². The second-order valence-corrected chi connectivity index (χ2v) is 10.7. The van der Waals surface area contributed by atoms with Gasteiger partial charge in [-0.05, 0) is 51.1 Å². The molecule has 2 amide bonds. The number of aliphatic hydroxyl groups excluding tert-OH is 1. The summed E-state index contributed by atoms with van der Waals surface area (Å²) in [6.07, 6.45) is 11.0. The summed E-state index contributed by atoms with van der Waals surface area (Å²) < 4.78 is 5.90. The lowest BCUT2D eigenvalue weighted by molar-refractivity contribution is -0.155. The molecule has 0 saturated carbocycles. The van der Waals surface area contributed by atoms with Crippen LogP contribution in [0.1, 0.15) is 69.7 Å². The number of nitrogens with zero attached hydrogens (tertiary/aromatic N) is 1. The van der Waals surface area contributed by atoms with Crippen molar-refractivity contribution in [3.63, 3.8) is 0 Å². The second-order valence-electron chi connectivity index (χ2n) is 10.7. The Morgan fingerprint density at radius 2 is 1.98 bits per heavy atom. The van der Waals surface area contributed by atoms with Crippen LogP contribution in [0.5, 0.6) is 0 Å². The molecule has 40 heavy (non-hydrogen) atoms. The number of nitrogens with two attached hydrogens (primary N) is 1. The number of aliphatic hydroxyl groups is 1. The van der Waals surface area contributed by atoms with E-state index in [4.69, 9.17) is 10.5 Å². The first-order valence-electron chi connectivity index (χ1n) is 13.9. The number of imidazole rings is 1. The van der Waals surface area contributed by atoms with Crippen LogP contribution in [0.15, 0.2) is 54.3 Å². The number of amides is 2. The normalized spacial score (nSPS) is 27.2. The number of ether oxygens (including phenoxy) is 1. The first-order valence-corrected chi connectivity index (χ1v) is 13.9. The lowest BCUT2D eigenvalue weighted by Gasteiger charge is -2.28. The fourth-order valence-corrected chi connectivity index (χ4v) is 4.45. The van der Waals surface area contributed by atoms with Gasteiger partial charge in [-0.3, -0.25) is 9.59 Å². The van der Waals surface area contributed by atoms with Crippen molar-refractivity contribution in [3.05, 3.63) is 65.8 Å². The molecular formula is C30H45N5O5. The van der Waals surface area contributed by atoms with Crippen LogP contribution in [0.4, 0.5) is 0 Å². The van der Waals surface area contributed by atoms with Gasteiger partial charge in [-0.15, -0.1) is 0 Å². The van der Waals surface area contributed by atoms with Crippen molar-refractivity contribution in [1.82, 2.24) is 20.6 Å². The summed E-state index contributed by atoms with van der Waals surface area (Å²) in [5, 5.41) is 16.0. The number of aromatic nitrogens is 2. The number of rotatable bonds is 5. The van der Waals surface area contributed by atoms with Gasteiger partial charge in [0.05, 0.1) is 12.3 Å². The van der Waals surface area contributed by atoms with Crippen LogP contribution in [-0.2, 0) is 20.7 Å². The molecule has 1 aliphatic rings.